The molecule has 0 radical (unpaired) electrons. The van der Waals surface area contributed by atoms with E-state index in [9.17, 15) is 13.2 Å². The Balaban J connectivity index is 2.38. The fraction of sp³-hybridized carbons (Fsp3) is 0.143. The van der Waals surface area contributed by atoms with E-state index < -0.39 is 11.7 Å². The van der Waals surface area contributed by atoms with Crippen LogP contribution in [0.25, 0.3) is 0 Å². The van der Waals surface area contributed by atoms with Crippen molar-refractivity contribution in [3.63, 3.8) is 0 Å². The van der Waals surface area contributed by atoms with E-state index in [1.807, 2.05) is 6.07 Å². The molecule has 2 aromatic rings. The van der Waals surface area contributed by atoms with Gasteiger partial charge in [0.05, 0.1) is 16.8 Å². The lowest BCUT2D eigenvalue weighted by Crippen LogP contribution is -2.07. The van der Waals surface area contributed by atoms with Crippen molar-refractivity contribution in [3.05, 3.63) is 47.2 Å². The van der Waals surface area contributed by atoms with Crippen LogP contribution in [-0.2, 0) is 6.18 Å². The van der Waals surface area contributed by atoms with E-state index in [0.29, 0.717) is 5.56 Å². The molecule has 0 saturated heterocycles. The largest absolute Gasteiger partial charge is 0.416 e. The molecule has 7 heteroatoms. The molecule has 0 aliphatic heterocycles. The Kier molecular flexibility index (Phi) is 3.72. The van der Waals surface area contributed by atoms with Crippen LogP contribution in [0.1, 0.15) is 16.7 Å². The number of nitrogens with one attached hydrogen (secondary N) is 1. The average Bonchev–Trinajstić information content (AvgIpc) is 2.42. The molecule has 0 atom stereocenters. The standard InChI is InChI=1S/C14H11F3N4/c1-8-2-3-10(14(15,16)17)5-12(8)21-13-11(19)4-9(6-18)7-20-13/h2-5,7H,19H2,1H3,(H,20,21). The smallest absolute Gasteiger partial charge is 0.396 e. The molecule has 0 amide bonds. The molecule has 108 valence electrons. The highest BCUT2D eigenvalue weighted by atomic mass is 19.4. The Morgan fingerprint density at radius 2 is 2.00 bits per heavy atom. The Labute approximate surface area is 119 Å². The van der Waals surface area contributed by atoms with Crippen molar-refractivity contribution in [3.8, 4) is 6.07 Å². The number of nitrogens with two attached hydrogens (primary N) is 1. The van der Waals surface area contributed by atoms with E-state index in [1.54, 1.807) is 6.92 Å². The van der Waals surface area contributed by atoms with Gasteiger partial charge in [0.25, 0.3) is 0 Å². The summed E-state index contributed by atoms with van der Waals surface area (Å²) < 4.78 is 38.1. The van der Waals surface area contributed by atoms with Crippen LogP contribution in [-0.4, -0.2) is 4.98 Å². The van der Waals surface area contributed by atoms with Crippen LogP contribution in [0.2, 0.25) is 0 Å². The lowest BCUT2D eigenvalue weighted by atomic mass is 10.1. The highest BCUT2D eigenvalue weighted by molar-refractivity contribution is 5.71. The van der Waals surface area contributed by atoms with Crippen LogP contribution in [0, 0.1) is 18.3 Å². The second kappa shape index (κ2) is 5.32. The van der Waals surface area contributed by atoms with Crippen molar-refractivity contribution >= 4 is 17.2 Å². The molecule has 0 bridgehead atoms. The second-order valence-corrected chi connectivity index (χ2v) is 4.43. The van der Waals surface area contributed by atoms with Crippen LogP contribution in [0.3, 0.4) is 0 Å². The number of rotatable bonds is 2. The van der Waals surface area contributed by atoms with Crippen molar-refractivity contribution < 1.29 is 13.2 Å². The number of hydrogen-bond donors (Lipinski definition) is 2. The van der Waals surface area contributed by atoms with Crippen molar-refractivity contribution in [2.24, 2.45) is 0 Å². The third kappa shape index (κ3) is 3.23. The summed E-state index contributed by atoms with van der Waals surface area (Å²) in [6, 6.07) is 6.65. The van der Waals surface area contributed by atoms with Crippen LogP contribution >= 0.6 is 0 Å². The van der Waals surface area contributed by atoms with Gasteiger partial charge in [0.2, 0.25) is 0 Å². The second-order valence-electron chi connectivity index (χ2n) is 4.43. The zero-order chi connectivity index (χ0) is 15.6. The summed E-state index contributed by atoms with van der Waals surface area (Å²) >= 11 is 0. The van der Waals surface area contributed by atoms with Gasteiger partial charge in [-0.05, 0) is 30.7 Å². The van der Waals surface area contributed by atoms with Crippen molar-refractivity contribution in [1.29, 1.82) is 5.26 Å². The van der Waals surface area contributed by atoms with Crippen LogP contribution in [0.15, 0.2) is 30.5 Å². The number of aryl methyl sites for hydroxylation is 1. The molecule has 0 aliphatic carbocycles. The van der Waals surface area contributed by atoms with Gasteiger partial charge in [-0.3, -0.25) is 0 Å². The van der Waals surface area contributed by atoms with E-state index in [1.165, 1.54) is 18.3 Å². The summed E-state index contributed by atoms with van der Waals surface area (Å²) in [5.41, 5.74) is 6.30. The fourth-order valence-electron chi connectivity index (χ4n) is 1.71. The number of benzene rings is 1. The fourth-order valence-corrected chi connectivity index (χ4v) is 1.71. The highest BCUT2D eigenvalue weighted by Gasteiger charge is 2.30. The molecular formula is C14H11F3N4. The minimum atomic E-state index is -4.42. The molecule has 0 unspecified atom stereocenters. The summed E-state index contributed by atoms with van der Waals surface area (Å²) in [4.78, 5) is 3.94. The number of hydrogen-bond acceptors (Lipinski definition) is 4. The molecular weight excluding hydrogens is 281 g/mol. The summed E-state index contributed by atoms with van der Waals surface area (Å²) in [5, 5.41) is 11.5. The van der Waals surface area contributed by atoms with Gasteiger partial charge in [-0.1, -0.05) is 6.07 Å². The van der Waals surface area contributed by atoms with Gasteiger partial charge in [0, 0.05) is 11.9 Å². The number of aromatic nitrogens is 1. The quantitative estimate of drug-likeness (QED) is 0.886. The molecule has 2 rings (SSSR count). The van der Waals surface area contributed by atoms with Crippen LogP contribution < -0.4 is 11.1 Å². The normalized spacial score (nSPS) is 11.0. The predicted molar refractivity (Wildman–Crippen MR) is 72.8 cm³/mol. The molecule has 0 spiro atoms. The molecule has 0 aliphatic rings. The first-order chi connectivity index (χ1) is 9.81. The summed E-state index contributed by atoms with van der Waals surface area (Å²) in [5.74, 6) is 0.205. The average molecular weight is 292 g/mol. The van der Waals surface area contributed by atoms with Crippen LogP contribution in [0.5, 0.6) is 0 Å². The first-order valence-electron chi connectivity index (χ1n) is 5.92. The van der Waals surface area contributed by atoms with Gasteiger partial charge < -0.3 is 11.1 Å². The number of alkyl halides is 3. The molecule has 1 heterocycles. The van der Waals surface area contributed by atoms with E-state index in [4.69, 9.17) is 11.0 Å². The van der Waals surface area contributed by atoms with Gasteiger partial charge >= 0.3 is 6.18 Å². The first-order valence-corrected chi connectivity index (χ1v) is 5.92. The molecule has 1 aromatic carbocycles. The number of anilines is 3. The number of nitrogen functional groups attached to an aromatic ring is 1. The molecule has 4 nitrogen and oxygen atoms in total. The van der Waals surface area contributed by atoms with Crippen molar-refractivity contribution in [2.45, 2.75) is 13.1 Å². The Morgan fingerprint density at radius 3 is 2.57 bits per heavy atom. The number of pyridine rings is 1. The van der Waals surface area contributed by atoms with E-state index >= 15 is 0 Å². The van der Waals surface area contributed by atoms with E-state index in [2.05, 4.69) is 10.3 Å². The molecule has 1 aromatic heterocycles. The van der Waals surface area contributed by atoms with Gasteiger partial charge in [0.15, 0.2) is 5.82 Å². The molecule has 21 heavy (non-hydrogen) atoms. The minimum absolute atomic E-state index is 0.186. The maximum Gasteiger partial charge on any atom is 0.416 e. The molecule has 0 fully saturated rings. The predicted octanol–water partition coefficient (Wildman–Crippen LogP) is 3.61. The maximum absolute atomic E-state index is 12.7. The van der Waals surface area contributed by atoms with Crippen LogP contribution in [0.4, 0.5) is 30.4 Å². The SMILES string of the molecule is Cc1ccc(C(F)(F)F)cc1Nc1ncc(C#N)cc1N. The number of nitrogens with zero attached hydrogens (tertiary/aromatic N) is 2. The van der Waals surface area contributed by atoms with Gasteiger partial charge in [-0.15, -0.1) is 0 Å². The Hall–Kier alpha value is -2.75. The van der Waals surface area contributed by atoms with Gasteiger partial charge in [0.1, 0.15) is 6.07 Å². The van der Waals surface area contributed by atoms with E-state index in [-0.39, 0.29) is 22.8 Å². The van der Waals surface area contributed by atoms with Gasteiger partial charge in [-0.25, -0.2) is 4.98 Å². The summed E-state index contributed by atoms with van der Waals surface area (Å²) in [7, 11) is 0. The third-order valence-corrected chi connectivity index (χ3v) is 2.86. The highest BCUT2D eigenvalue weighted by Crippen LogP contribution is 2.33. The Morgan fingerprint density at radius 1 is 1.29 bits per heavy atom. The van der Waals surface area contributed by atoms with Crippen molar-refractivity contribution in [2.75, 3.05) is 11.1 Å². The number of halogens is 3. The van der Waals surface area contributed by atoms with Crippen molar-refractivity contribution in [1.82, 2.24) is 4.98 Å². The summed E-state index contributed by atoms with van der Waals surface area (Å²) in [6.07, 6.45) is -3.13. The first kappa shape index (κ1) is 14.7. The minimum Gasteiger partial charge on any atom is -0.396 e. The zero-order valence-electron chi connectivity index (χ0n) is 11.0. The molecule has 0 saturated carbocycles. The van der Waals surface area contributed by atoms with E-state index in [0.717, 1.165) is 12.1 Å². The monoisotopic (exact) mass is 292 g/mol. The third-order valence-electron chi connectivity index (χ3n) is 2.86. The summed E-state index contributed by atoms with van der Waals surface area (Å²) in [6.45, 7) is 1.67. The lowest BCUT2D eigenvalue weighted by molar-refractivity contribution is -0.137. The zero-order valence-corrected chi connectivity index (χ0v) is 11.0. The molecule has 3 N–H and O–H groups in total. The topological polar surface area (TPSA) is 74.7 Å². The Bertz CT molecular complexity index is 717. The maximum atomic E-state index is 12.7. The lowest BCUT2D eigenvalue weighted by Gasteiger charge is -2.14. The van der Waals surface area contributed by atoms with Gasteiger partial charge in [-0.2, -0.15) is 18.4 Å². The number of nitriles is 1.